The third-order valence-corrected chi connectivity index (χ3v) is 6.86. The quantitative estimate of drug-likeness (QED) is 0.480. The molecule has 0 radical (unpaired) electrons. The van der Waals surface area contributed by atoms with Crippen LogP contribution in [0.2, 0.25) is 0 Å². The highest BCUT2D eigenvalue weighted by Gasteiger charge is 2.33. The Hall–Kier alpha value is -2.52. The maximum absolute atomic E-state index is 13.0. The lowest BCUT2D eigenvalue weighted by Gasteiger charge is -2.22. The lowest BCUT2D eigenvalue weighted by molar-refractivity contribution is -0.141. The minimum atomic E-state index is -4.65. The van der Waals surface area contributed by atoms with Crippen LogP contribution < -0.4 is 5.32 Å². The van der Waals surface area contributed by atoms with E-state index in [1.807, 2.05) is 0 Å². The van der Waals surface area contributed by atoms with Gasteiger partial charge < -0.3 is 10.4 Å². The van der Waals surface area contributed by atoms with Crippen molar-refractivity contribution in [2.24, 2.45) is 0 Å². The Morgan fingerprint density at radius 3 is 2.50 bits per heavy atom. The van der Waals surface area contributed by atoms with Crippen molar-refractivity contribution in [1.82, 2.24) is 9.97 Å². The zero-order chi connectivity index (χ0) is 23.1. The highest BCUT2D eigenvalue weighted by atomic mass is 32.1. The first-order chi connectivity index (χ1) is 15.0. The molecule has 1 aliphatic carbocycles. The van der Waals surface area contributed by atoms with E-state index in [1.54, 1.807) is 37.3 Å². The summed E-state index contributed by atoms with van der Waals surface area (Å²) in [5, 5.41) is 14.4. The van der Waals surface area contributed by atoms with Gasteiger partial charge in [-0.25, -0.2) is 9.97 Å². The van der Waals surface area contributed by atoms with Gasteiger partial charge >= 0.3 is 6.18 Å². The molecule has 1 fully saturated rings. The Bertz CT molecular complexity index is 1150. The normalized spacial score (nSPS) is 15.8. The molecule has 32 heavy (non-hydrogen) atoms. The second-order valence-corrected chi connectivity index (χ2v) is 9.73. The maximum Gasteiger partial charge on any atom is 0.433 e. The number of pyridine rings is 1. The molecule has 0 unspecified atom stereocenters. The minimum Gasteiger partial charge on any atom is -0.386 e. The lowest BCUT2D eigenvalue weighted by atomic mass is 9.90. The molecule has 1 aromatic carbocycles. The average Bonchev–Trinajstić information content (AvgIpc) is 3.16. The molecule has 0 saturated heterocycles. The summed E-state index contributed by atoms with van der Waals surface area (Å²) < 4.78 is 39.8. The van der Waals surface area contributed by atoms with Crippen molar-refractivity contribution >= 4 is 33.1 Å². The third kappa shape index (κ3) is 4.78. The number of benzene rings is 1. The van der Waals surface area contributed by atoms with Crippen molar-refractivity contribution in [2.75, 3.05) is 5.32 Å². The van der Waals surface area contributed by atoms with Crippen molar-refractivity contribution in [3.63, 3.8) is 0 Å². The smallest absolute Gasteiger partial charge is 0.386 e. The Morgan fingerprint density at radius 1 is 1.12 bits per heavy atom. The first-order valence-corrected chi connectivity index (χ1v) is 11.4. The van der Waals surface area contributed by atoms with Crippen LogP contribution in [0.25, 0.3) is 10.2 Å². The fourth-order valence-corrected chi connectivity index (χ4v) is 5.19. The molecule has 0 aliphatic heterocycles. The first-order valence-electron chi connectivity index (χ1n) is 10.6. The summed E-state index contributed by atoms with van der Waals surface area (Å²) in [5.41, 5.74) is -1.29. The number of carbonyl (C=O) groups excluding carboxylic acids is 1. The molecule has 9 heteroatoms. The standard InChI is InChI=1S/C23H24F3N3O2S/c1-22(2,31)14-11-17-18(32-21(29-17)13-7-4-3-5-8-13)12-16(14)28-20(30)15-9-6-10-19(27-15)23(24,25)26/h6,9-13,31H,3-5,7-8H2,1-2H3,(H,28,30). The number of carbonyl (C=O) groups is 1. The van der Waals surface area contributed by atoms with Gasteiger partial charge in [-0.05, 0) is 51.0 Å². The maximum atomic E-state index is 13.0. The van der Waals surface area contributed by atoms with Crippen molar-refractivity contribution < 1.29 is 23.1 Å². The molecule has 5 nitrogen and oxygen atoms in total. The van der Waals surface area contributed by atoms with E-state index < -0.39 is 23.4 Å². The van der Waals surface area contributed by atoms with Gasteiger partial charge in [0.2, 0.25) is 0 Å². The summed E-state index contributed by atoms with van der Waals surface area (Å²) in [6, 6.07) is 6.66. The number of anilines is 1. The number of hydrogen-bond acceptors (Lipinski definition) is 5. The van der Waals surface area contributed by atoms with Crippen LogP contribution in [0.4, 0.5) is 18.9 Å². The zero-order valence-electron chi connectivity index (χ0n) is 17.8. The SMILES string of the molecule is CC(C)(O)c1cc2nc(C3CCCCC3)sc2cc1NC(=O)c1cccc(C(F)(F)F)n1. The fourth-order valence-electron chi connectivity index (χ4n) is 4.03. The van der Waals surface area contributed by atoms with E-state index in [9.17, 15) is 23.1 Å². The number of amides is 1. The van der Waals surface area contributed by atoms with Crippen LogP contribution in [0.5, 0.6) is 0 Å². The molecule has 4 rings (SSSR count). The van der Waals surface area contributed by atoms with Gasteiger partial charge in [0, 0.05) is 17.2 Å². The summed E-state index contributed by atoms with van der Waals surface area (Å²) >= 11 is 1.56. The Labute approximate surface area is 187 Å². The molecule has 0 atom stereocenters. The highest BCUT2D eigenvalue weighted by molar-refractivity contribution is 7.18. The summed E-state index contributed by atoms with van der Waals surface area (Å²) in [6.45, 7) is 3.17. The molecule has 170 valence electrons. The van der Waals surface area contributed by atoms with Gasteiger partial charge in [0.25, 0.3) is 5.91 Å². The summed E-state index contributed by atoms with van der Waals surface area (Å²) in [6.07, 6.45) is 1.16. The molecule has 3 aromatic rings. The number of rotatable bonds is 4. The van der Waals surface area contributed by atoms with Gasteiger partial charge in [-0.3, -0.25) is 4.79 Å². The Balaban J connectivity index is 1.69. The molecule has 0 spiro atoms. The topological polar surface area (TPSA) is 75.1 Å². The number of hydrogen-bond donors (Lipinski definition) is 2. The van der Waals surface area contributed by atoms with E-state index in [0.29, 0.717) is 17.2 Å². The van der Waals surface area contributed by atoms with Gasteiger partial charge in [0.15, 0.2) is 0 Å². The molecular formula is C23H24F3N3O2S. The number of aliphatic hydroxyl groups is 1. The van der Waals surface area contributed by atoms with Gasteiger partial charge in [0.05, 0.1) is 20.8 Å². The second kappa shape index (κ2) is 8.44. The van der Waals surface area contributed by atoms with Crippen LogP contribution in [-0.4, -0.2) is 21.0 Å². The molecule has 1 aliphatic rings. The molecular weight excluding hydrogens is 439 g/mol. The van der Waals surface area contributed by atoms with E-state index in [4.69, 9.17) is 4.98 Å². The van der Waals surface area contributed by atoms with E-state index in [-0.39, 0.29) is 5.69 Å². The van der Waals surface area contributed by atoms with Crippen LogP contribution in [0.15, 0.2) is 30.3 Å². The molecule has 0 bridgehead atoms. The Morgan fingerprint density at radius 2 is 1.84 bits per heavy atom. The predicted octanol–water partition coefficient (Wildman–Crippen LogP) is 6.24. The van der Waals surface area contributed by atoms with Crippen molar-refractivity contribution in [1.29, 1.82) is 0 Å². The number of aromatic nitrogens is 2. The van der Waals surface area contributed by atoms with E-state index in [2.05, 4.69) is 10.3 Å². The zero-order valence-corrected chi connectivity index (χ0v) is 18.6. The van der Waals surface area contributed by atoms with Crippen molar-refractivity contribution in [2.45, 2.75) is 63.6 Å². The molecule has 1 saturated carbocycles. The van der Waals surface area contributed by atoms with Crippen LogP contribution in [0.3, 0.4) is 0 Å². The first kappa shape index (κ1) is 22.7. The van der Waals surface area contributed by atoms with Crippen molar-refractivity contribution in [3.8, 4) is 0 Å². The average molecular weight is 464 g/mol. The summed E-state index contributed by atoms with van der Waals surface area (Å²) in [7, 11) is 0. The summed E-state index contributed by atoms with van der Waals surface area (Å²) in [5.74, 6) is -0.364. The van der Waals surface area contributed by atoms with Crippen molar-refractivity contribution in [3.05, 3.63) is 52.3 Å². The number of fused-ring (bicyclic) bond motifs is 1. The van der Waals surface area contributed by atoms with Crippen LogP contribution in [0.1, 0.15) is 78.6 Å². The number of halogens is 3. The van der Waals surface area contributed by atoms with Gasteiger partial charge in [0.1, 0.15) is 11.4 Å². The Kier molecular flexibility index (Phi) is 5.98. The van der Waals surface area contributed by atoms with Gasteiger partial charge in [-0.2, -0.15) is 13.2 Å². The number of thiazole rings is 1. The van der Waals surface area contributed by atoms with E-state index in [1.165, 1.54) is 25.3 Å². The fraction of sp³-hybridized carbons (Fsp3) is 0.435. The number of alkyl halides is 3. The third-order valence-electron chi connectivity index (χ3n) is 5.68. The number of nitrogens with one attached hydrogen (secondary N) is 1. The number of nitrogens with zero attached hydrogens (tertiary/aromatic N) is 2. The van der Waals surface area contributed by atoms with Crippen LogP contribution in [0, 0.1) is 0 Å². The van der Waals surface area contributed by atoms with Crippen LogP contribution in [-0.2, 0) is 11.8 Å². The van der Waals surface area contributed by atoms with E-state index >= 15 is 0 Å². The summed E-state index contributed by atoms with van der Waals surface area (Å²) in [4.78, 5) is 21.0. The predicted molar refractivity (Wildman–Crippen MR) is 118 cm³/mol. The minimum absolute atomic E-state index is 0.327. The van der Waals surface area contributed by atoms with E-state index in [0.717, 1.165) is 40.2 Å². The molecule has 2 heterocycles. The van der Waals surface area contributed by atoms with Gasteiger partial charge in [-0.15, -0.1) is 11.3 Å². The molecule has 2 N–H and O–H groups in total. The second-order valence-electron chi connectivity index (χ2n) is 8.67. The lowest BCUT2D eigenvalue weighted by Crippen LogP contribution is -2.22. The monoisotopic (exact) mass is 463 g/mol. The molecule has 1 amide bonds. The largest absolute Gasteiger partial charge is 0.433 e. The highest BCUT2D eigenvalue weighted by Crippen LogP contribution is 2.40. The van der Waals surface area contributed by atoms with Crippen LogP contribution >= 0.6 is 11.3 Å². The van der Waals surface area contributed by atoms with Gasteiger partial charge in [-0.1, -0.05) is 25.3 Å². The molecule has 2 aromatic heterocycles.